The molecule has 0 spiro atoms. The number of hydrogen-bond acceptors (Lipinski definition) is 6. The van der Waals surface area contributed by atoms with Crippen LogP contribution in [0.5, 0.6) is 0 Å². The minimum Gasteiger partial charge on any atom is -0.308 e. The summed E-state index contributed by atoms with van der Waals surface area (Å²) in [5.41, 5.74) is 1.70. The van der Waals surface area contributed by atoms with Crippen molar-refractivity contribution < 1.29 is 0 Å². The number of nitrogens with zero attached hydrogens (tertiary/aromatic N) is 5. The maximum atomic E-state index is 12.1. The zero-order chi connectivity index (χ0) is 31.4. The van der Waals surface area contributed by atoms with Gasteiger partial charge in [0.05, 0.1) is 16.7 Å². The number of nitrogens with one attached hydrogen (secondary N) is 2. The first-order chi connectivity index (χ1) is 20.4. The van der Waals surface area contributed by atoms with Crippen molar-refractivity contribution in [1.29, 1.82) is 0 Å². The van der Waals surface area contributed by atoms with Crippen molar-refractivity contribution in [3.05, 3.63) is 122 Å². The Bertz CT molecular complexity index is 2060. The molecule has 43 heavy (non-hydrogen) atoms. The van der Waals surface area contributed by atoms with Crippen molar-refractivity contribution >= 4 is 92.6 Å². The first-order valence-corrected chi connectivity index (χ1v) is 15.8. The highest BCUT2D eigenvalue weighted by molar-refractivity contribution is 9.18. The molecule has 0 radical (unpaired) electrons. The number of aryl methyl sites for hydroxylation is 1. The summed E-state index contributed by atoms with van der Waals surface area (Å²) < 4.78 is 5.50. The normalized spacial score (nSPS) is 11.7. The molecular weight excluding hydrogens is 797 g/mol. The number of halogens is 5. The number of imidazole rings is 1. The van der Waals surface area contributed by atoms with Gasteiger partial charge in [-0.15, -0.1) is 0 Å². The summed E-state index contributed by atoms with van der Waals surface area (Å²) in [5, 5.41) is 2.33. The van der Waals surface area contributed by atoms with Crippen molar-refractivity contribution in [2.75, 3.05) is 0 Å². The molecule has 16 heteroatoms. The van der Waals surface area contributed by atoms with Crippen molar-refractivity contribution in [1.82, 2.24) is 28.7 Å². The van der Waals surface area contributed by atoms with Gasteiger partial charge in [-0.3, -0.25) is 28.7 Å². The third-order valence-corrected chi connectivity index (χ3v) is 8.43. The highest BCUT2D eigenvalue weighted by Crippen LogP contribution is 2.23. The van der Waals surface area contributed by atoms with Gasteiger partial charge in [0, 0.05) is 35.9 Å². The van der Waals surface area contributed by atoms with Gasteiger partial charge >= 0.3 is 11.4 Å². The summed E-state index contributed by atoms with van der Waals surface area (Å²) in [5.74, 6) is 0.445. The molecule has 0 fully saturated rings. The highest BCUT2D eigenvalue weighted by Gasteiger charge is 2.19. The van der Waals surface area contributed by atoms with E-state index in [1.807, 2.05) is 36.4 Å². The predicted octanol–water partition coefficient (Wildman–Crippen LogP) is 5.18. The fourth-order valence-electron chi connectivity index (χ4n) is 3.96. The van der Waals surface area contributed by atoms with Crippen LogP contribution in [0, 0.1) is 0 Å². The Morgan fingerprint density at radius 1 is 0.814 bits per heavy atom. The Balaban J connectivity index is 0.000000163. The van der Waals surface area contributed by atoms with E-state index < -0.39 is 16.9 Å². The Labute approximate surface area is 278 Å². The molecule has 1 aliphatic rings. The molecule has 3 aromatic heterocycles. The van der Waals surface area contributed by atoms with Crippen LogP contribution in [0.4, 0.5) is 5.82 Å². The average molecular weight is 819 g/mol. The number of aromatic nitrogens is 6. The van der Waals surface area contributed by atoms with E-state index in [1.165, 1.54) is 14.7 Å². The van der Waals surface area contributed by atoms with Gasteiger partial charge in [-0.25, -0.2) is 19.6 Å². The van der Waals surface area contributed by atoms with Crippen molar-refractivity contribution in [3.8, 4) is 0 Å². The second-order valence-electron chi connectivity index (χ2n) is 9.13. The van der Waals surface area contributed by atoms with Crippen LogP contribution in [0.2, 0.25) is 10.0 Å². The van der Waals surface area contributed by atoms with Crippen LogP contribution in [0.25, 0.3) is 11.2 Å². The lowest BCUT2D eigenvalue weighted by atomic mass is 10.2. The SMILES string of the molecule is Clc1ccc(CBr)cc1.Cn1c(=O)[nH]c(=O)c2c1nc(Br)n2Cc1ccc(Cl)cc1.Cn1c2c(c(=O)[nH]c1=O)CC(Br)=N2. The van der Waals surface area contributed by atoms with Gasteiger partial charge in [-0.05, 0) is 67.3 Å². The monoisotopic (exact) mass is 815 g/mol. The lowest BCUT2D eigenvalue weighted by Crippen LogP contribution is -2.29. The summed E-state index contributed by atoms with van der Waals surface area (Å²) >= 11 is 21.4. The van der Waals surface area contributed by atoms with Crippen molar-refractivity contribution in [2.24, 2.45) is 19.1 Å². The maximum Gasteiger partial charge on any atom is 0.329 e. The van der Waals surface area contributed by atoms with Gasteiger partial charge in [-0.2, -0.15) is 0 Å². The molecular formula is C27H22Br3Cl2N7O4. The van der Waals surface area contributed by atoms with Crippen molar-refractivity contribution in [3.63, 3.8) is 0 Å². The second kappa shape index (κ2) is 14.2. The van der Waals surface area contributed by atoms with Crippen molar-refractivity contribution in [2.45, 2.75) is 18.3 Å². The third kappa shape index (κ3) is 7.73. The molecule has 0 amide bonds. The highest BCUT2D eigenvalue weighted by atomic mass is 79.9. The number of H-pyrrole nitrogens is 2. The minimum atomic E-state index is -0.490. The fraction of sp³-hybridized carbons (Fsp3) is 0.185. The maximum absolute atomic E-state index is 12.1. The van der Waals surface area contributed by atoms with E-state index in [-0.39, 0.29) is 5.56 Å². The van der Waals surface area contributed by atoms with Gasteiger partial charge in [0.25, 0.3) is 11.1 Å². The quantitative estimate of drug-likeness (QED) is 0.191. The minimum absolute atomic E-state index is 0.338. The van der Waals surface area contributed by atoms with E-state index in [1.54, 1.807) is 30.8 Å². The Morgan fingerprint density at radius 2 is 1.35 bits per heavy atom. The topological polar surface area (TPSA) is 140 Å². The summed E-state index contributed by atoms with van der Waals surface area (Å²) in [7, 11) is 3.14. The molecule has 0 aliphatic carbocycles. The summed E-state index contributed by atoms with van der Waals surface area (Å²) in [4.78, 5) is 58.8. The third-order valence-electron chi connectivity index (χ3n) is 6.22. The Kier molecular flexibility index (Phi) is 10.8. The number of benzene rings is 2. The Hall–Kier alpha value is -3.04. The molecule has 5 aromatic rings. The molecule has 0 bridgehead atoms. The van der Waals surface area contributed by atoms with E-state index in [0.717, 1.165) is 15.9 Å². The number of aliphatic imine (C=N–C) groups is 1. The Morgan fingerprint density at radius 3 is 1.93 bits per heavy atom. The van der Waals surface area contributed by atoms with Crippen LogP contribution in [0.3, 0.4) is 0 Å². The number of alkyl halides is 1. The molecule has 6 rings (SSSR count). The molecule has 0 saturated carbocycles. The van der Waals surface area contributed by atoms with Gasteiger partial charge < -0.3 is 4.57 Å². The molecule has 2 aromatic carbocycles. The summed E-state index contributed by atoms with van der Waals surface area (Å²) in [6, 6.07) is 15.1. The molecule has 1 aliphatic heterocycles. The van der Waals surface area contributed by atoms with Crippen LogP contribution in [-0.4, -0.2) is 33.3 Å². The van der Waals surface area contributed by atoms with Gasteiger partial charge in [-0.1, -0.05) is 63.4 Å². The van der Waals surface area contributed by atoms with Crippen LogP contribution in [0.1, 0.15) is 16.7 Å². The molecule has 4 heterocycles. The average Bonchev–Trinajstić information content (AvgIpc) is 3.53. The molecule has 0 atom stereocenters. The van der Waals surface area contributed by atoms with Gasteiger partial charge in [0.15, 0.2) is 15.9 Å². The number of hydrogen-bond donors (Lipinski definition) is 2. The van der Waals surface area contributed by atoms with Crippen LogP contribution in [0.15, 0.2) is 77.4 Å². The molecule has 11 nitrogen and oxygen atoms in total. The standard InChI is InChI=1S/C13H10BrClN4O2.C7H6BrCl.C7H6BrN3O2/c1-18-10-9(11(20)17-13(18)21)19(12(14)16-10)6-7-2-4-8(15)5-3-7;8-5-6-1-3-7(9)4-2-6;1-11-5-3(2-4(8)9-5)6(12)10-7(11)13/h2-5H,6H2,1H3,(H,17,20,21);1-4H,5H2;2H2,1H3,(H,10,12,13). The van der Waals surface area contributed by atoms with E-state index in [0.29, 0.717) is 49.9 Å². The molecule has 2 N–H and O–H groups in total. The smallest absolute Gasteiger partial charge is 0.308 e. The van der Waals surface area contributed by atoms with E-state index in [2.05, 4.69) is 67.7 Å². The lowest BCUT2D eigenvalue weighted by molar-refractivity contribution is 0.791. The van der Waals surface area contributed by atoms with Gasteiger partial charge in [0.1, 0.15) is 5.82 Å². The number of aromatic amines is 2. The molecule has 224 valence electrons. The van der Waals surface area contributed by atoms with E-state index >= 15 is 0 Å². The van der Waals surface area contributed by atoms with Crippen LogP contribution < -0.4 is 22.5 Å². The van der Waals surface area contributed by atoms with E-state index in [4.69, 9.17) is 23.2 Å². The van der Waals surface area contributed by atoms with E-state index in [9.17, 15) is 19.2 Å². The summed E-state index contributed by atoms with van der Waals surface area (Å²) in [6.45, 7) is 0.440. The zero-order valence-electron chi connectivity index (χ0n) is 22.5. The largest absolute Gasteiger partial charge is 0.329 e. The second-order valence-corrected chi connectivity index (χ2v) is 12.2. The predicted molar refractivity (Wildman–Crippen MR) is 180 cm³/mol. The first-order valence-electron chi connectivity index (χ1n) is 12.3. The molecule has 0 saturated heterocycles. The van der Waals surface area contributed by atoms with Crippen LogP contribution >= 0.6 is 71.0 Å². The van der Waals surface area contributed by atoms with Crippen LogP contribution in [-0.2, 0) is 32.4 Å². The first kappa shape index (κ1) is 32.9. The van der Waals surface area contributed by atoms with Gasteiger partial charge in [0.2, 0.25) is 0 Å². The molecule has 0 unspecified atom stereocenters. The fourth-order valence-corrected chi connectivity index (χ4v) is 5.50. The number of rotatable bonds is 3. The lowest BCUT2D eigenvalue weighted by Gasteiger charge is -2.06. The summed E-state index contributed by atoms with van der Waals surface area (Å²) in [6.07, 6.45) is 0.457. The number of fused-ring (bicyclic) bond motifs is 2. The zero-order valence-corrected chi connectivity index (χ0v) is 28.8.